The highest BCUT2D eigenvalue weighted by Gasteiger charge is 2.64. The maximum Gasteiger partial charge on any atom is 0.184 e. The van der Waals surface area contributed by atoms with Gasteiger partial charge in [0.25, 0.3) is 0 Å². The number of rotatable bonds is 2. The molecule has 6 nitrogen and oxygen atoms in total. The van der Waals surface area contributed by atoms with Gasteiger partial charge in [0.2, 0.25) is 0 Å². The molecule has 1 aromatic carbocycles. The van der Waals surface area contributed by atoms with Crippen molar-refractivity contribution < 1.29 is 28.8 Å². The van der Waals surface area contributed by atoms with Crippen LogP contribution < -0.4 is 5.73 Å². The molecule has 2 heterocycles. The van der Waals surface area contributed by atoms with Crippen molar-refractivity contribution in [2.45, 2.75) is 43.1 Å². The fourth-order valence-corrected chi connectivity index (χ4v) is 3.96. The number of benzene rings is 1. The van der Waals surface area contributed by atoms with Crippen molar-refractivity contribution >= 4 is 16.7 Å². The van der Waals surface area contributed by atoms with E-state index in [-0.39, 0.29) is 18.7 Å². The zero-order valence-corrected chi connectivity index (χ0v) is 13.1. The maximum atomic E-state index is 14.5. The van der Waals surface area contributed by atoms with Crippen LogP contribution in [0.2, 0.25) is 0 Å². The fourth-order valence-electron chi connectivity index (χ4n) is 3.96. The predicted molar refractivity (Wildman–Crippen MR) is 84.7 cm³/mol. The summed E-state index contributed by atoms with van der Waals surface area (Å²) in [6.07, 6.45) is -5.56. The summed E-state index contributed by atoms with van der Waals surface area (Å²) in [5.74, 6) is -1.55. The van der Waals surface area contributed by atoms with Crippen LogP contribution in [0.25, 0.3) is 10.9 Å². The maximum absolute atomic E-state index is 14.5. The third-order valence-electron chi connectivity index (χ3n) is 5.27. The van der Waals surface area contributed by atoms with Gasteiger partial charge in [-0.3, -0.25) is 0 Å². The Morgan fingerprint density at radius 1 is 1.32 bits per heavy atom. The number of aliphatic hydroxyl groups is 3. The molecule has 0 amide bonds. The fraction of sp³-hybridized carbons (Fsp3) is 0.471. The normalized spacial score (nSPS) is 37.6. The zero-order chi connectivity index (χ0) is 17.9. The Labute approximate surface area is 141 Å². The lowest BCUT2D eigenvalue weighted by molar-refractivity contribution is -0.141. The van der Waals surface area contributed by atoms with E-state index >= 15 is 0 Å². The Bertz CT molecular complexity index is 836. The second kappa shape index (κ2) is 5.57. The summed E-state index contributed by atoms with van der Waals surface area (Å²) in [4.78, 5) is 3.98. The highest BCUT2D eigenvalue weighted by Crippen LogP contribution is 2.48. The van der Waals surface area contributed by atoms with E-state index in [2.05, 4.69) is 4.98 Å². The average molecular weight is 352 g/mol. The molecule has 1 aliphatic heterocycles. The molecular weight excluding hydrogens is 334 g/mol. The molecule has 1 saturated carbocycles. The molecule has 2 aliphatic rings. The first-order valence-corrected chi connectivity index (χ1v) is 8.02. The van der Waals surface area contributed by atoms with Crippen LogP contribution in [0.4, 0.5) is 14.6 Å². The van der Waals surface area contributed by atoms with E-state index in [0.717, 1.165) is 0 Å². The van der Waals surface area contributed by atoms with Crippen molar-refractivity contribution in [2.75, 3.05) is 5.73 Å². The van der Waals surface area contributed by atoms with Gasteiger partial charge in [-0.15, -0.1) is 0 Å². The van der Waals surface area contributed by atoms with Crippen LogP contribution >= 0.6 is 0 Å². The highest BCUT2D eigenvalue weighted by molar-refractivity contribution is 5.80. The summed E-state index contributed by atoms with van der Waals surface area (Å²) in [5, 5.41) is 30.5. The van der Waals surface area contributed by atoms with Crippen LogP contribution in [0.15, 0.2) is 24.3 Å². The van der Waals surface area contributed by atoms with E-state index in [0.29, 0.717) is 16.5 Å². The second-order valence-corrected chi connectivity index (χ2v) is 6.85. The number of alkyl halides is 1. The van der Waals surface area contributed by atoms with Gasteiger partial charge in [0.05, 0.1) is 11.6 Å². The van der Waals surface area contributed by atoms with E-state index < -0.39 is 42.0 Å². The smallest absolute Gasteiger partial charge is 0.184 e. The van der Waals surface area contributed by atoms with Gasteiger partial charge in [-0.05, 0) is 24.1 Å². The molecule has 2 unspecified atom stereocenters. The quantitative estimate of drug-likeness (QED) is 0.632. The van der Waals surface area contributed by atoms with Crippen molar-refractivity contribution in [3.05, 3.63) is 35.6 Å². The Morgan fingerprint density at radius 2 is 2.08 bits per heavy atom. The molecule has 1 aromatic heterocycles. The van der Waals surface area contributed by atoms with Gasteiger partial charge in [0, 0.05) is 17.7 Å². The predicted octanol–water partition coefficient (Wildman–Crippen LogP) is 0.666. The lowest BCUT2D eigenvalue weighted by Crippen LogP contribution is -2.46. The molecular formula is C17H18F2N2O4. The highest BCUT2D eigenvalue weighted by atomic mass is 19.1. The van der Waals surface area contributed by atoms with Crippen molar-refractivity contribution in [1.29, 1.82) is 0 Å². The third-order valence-corrected chi connectivity index (χ3v) is 5.27. The van der Waals surface area contributed by atoms with Gasteiger partial charge in [-0.25, -0.2) is 13.8 Å². The Kier molecular flexibility index (Phi) is 3.69. The number of hydrogen-bond donors (Lipinski definition) is 4. The van der Waals surface area contributed by atoms with Gasteiger partial charge in [0.1, 0.15) is 17.9 Å². The van der Waals surface area contributed by atoms with Gasteiger partial charge in [-0.1, -0.05) is 12.1 Å². The number of halogens is 2. The summed E-state index contributed by atoms with van der Waals surface area (Å²) in [6, 6.07) is 6.33. The first kappa shape index (κ1) is 16.6. The minimum atomic E-state index is -1.80. The van der Waals surface area contributed by atoms with Crippen molar-refractivity contribution in [3.8, 4) is 0 Å². The van der Waals surface area contributed by atoms with Crippen LogP contribution in [0.3, 0.4) is 0 Å². The first-order valence-electron chi connectivity index (χ1n) is 8.02. The molecule has 1 aliphatic carbocycles. The van der Waals surface area contributed by atoms with Crippen LogP contribution in [0.5, 0.6) is 0 Å². The number of ether oxygens (including phenoxy) is 1. The van der Waals surface area contributed by atoms with Gasteiger partial charge in [-0.2, -0.15) is 0 Å². The lowest BCUT2D eigenvalue weighted by atomic mass is 9.90. The number of hydrogen-bond acceptors (Lipinski definition) is 6. The van der Waals surface area contributed by atoms with Crippen molar-refractivity contribution in [2.24, 2.45) is 5.92 Å². The molecule has 0 radical (unpaired) electrons. The van der Waals surface area contributed by atoms with E-state index in [1.54, 1.807) is 18.2 Å². The molecule has 25 heavy (non-hydrogen) atoms. The van der Waals surface area contributed by atoms with Gasteiger partial charge >= 0.3 is 0 Å². The molecule has 8 heteroatoms. The summed E-state index contributed by atoms with van der Waals surface area (Å²) in [7, 11) is 0. The molecule has 134 valence electrons. The Balaban J connectivity index is 1.63. The number of nitrogens with zero attached hydrogens (tertiary/aromatic N) is 1. The van der Waals surface area contributed by atoms with Crippen LogP contribution in [0.1, 0.15) is 12.0 Å². The Hall–Kier alpha value is -1.87. The summed E-state index contributed by atoms with van der Waals surface area (Å²) < 4.78 is 33.1. The molecule has 2 fully saturated rings. The monoisotopic (exact) mass is 352 g/mol. The van der Waals surface area contributed by atoms with Crippen LogP contribution in [-0.2, 0) is 11.2 Å². The lowest BCUT2D eigenvalue weighted by Gasteiger charge is -2.25. The number of fused-ring (bicyclic) bond motifs is 2. The number of pyridine rings is 1. The molecule has 2 aromatic rings. The average Bonchev–Trinajstić information content (AvgIpc) is 2.92. The minimum absolute atomic E-state index is 0.211. The van der Waals surface area contributed by atoms with Crippen LogP contribution in [-0.4, -0.2) is 50.6 Å². The van der Waals surface area contributed by atoms with E-state index in [9.17, 15) is 24.1 Å². The summed E-state index contributed by atoms with van der Waals surface area (Å²) >= 11 is 0. The first-order chi connectivity index (χ1) is 11.8. The number of aromatic nitrogens is 1. The van der Waals surface area contributed by atoms with E-state index in [1.807, 2.05) is 0 Å². The SMILES string of the molecule is Nc1nc2cc(C[C@H]3C4OC(O)[C@H](O)[C@@]4(O)C[C@@H]3F)ccc2cc1F. The van der Waals surface area contributed by atoms with Gasteiger partial charge in [0.15, 0.2) is 17.9 Å². The number of nitrogen functional groups attached to an aromatic ring is 1. The number of aliphatic hydroxyl groups excluding tert-OH is 2. The molecule has 0 bridgehead atoms. The van der Waals surface area contributed by atoms with Crippen molar-refractivity contribution in [1.82, 2.24) is 4.98 Å². The third kappa shape index (κ3) is 2.48. The summed E-state index contributed by atoms with van der Waals surface area (Å²) in [6.45, 7) is 0. The second-order valence-electron chi connectivity index (χ2n) is 6.85. The summed E-state index contributed by atoms with van der Waals surface area (Å²) in [5.41, 5.74) is 4.88. The molecule has 1 saturated heterocycles. The standard InChI is InChI=1S/C17H18F2N2O4/c18-10-5-8-2-1-7(4-12(8)21-15(10)20)3-9-11(19)6-17(24)13(22)16(23)25-14(9)17/h1-2,4-5,9,11,13-14,16,22-24H,3,6H2,(H2,20,21)/t9-,11+,13+,14?,16?,17+/m1/s1. The molecule has 5 N–H and O–H groups in total. The van der Waals surface area contributed by atoms with Gasteiger partial charge < -0.3 is 25.8 Å². The minimum Gasteiger partial charge on any atom is -0.385 e. The van der Waals surface area contributed by atoms with E-state index in [1.165, 1.54) is 6.07 Å². The molecule has 0 spiro atoms. The van der Waals surface area contributed by atoms with Crippen LogP contribution in [0, 0.1) is 11.7 Å². The molecule has 6 atom stereocenters. The topological polar surface area (TPSA) is 109 Å². The molecule has 4 rings (SSSR count). The number of nitrogens with two attached hydrogens (primary N) is 1. The largest absolute Gasteiger partial charge is 0.385 e. The van der Waals surface area contributed by atoms with Crippen molar-refractivity contribution in [3.63, 3.8) is 0 Å². The van der Waals surface area contributed by atoms with E-state index in [4.69, 9.17) is 10.5 Å². The zero-order valence-electron chi connectivity index (χ0n) is 13.1. The number of anilines is 1. The Morgan fingerprint density at radius 3 is 2.84 bits per heavy atom.